The first-order valence-corrected chi connectivity index (χ1v) is 8.53. The summed E-state index contributed by atoms with van der Waals surface area (Å²) < 4.78 is 37.8. The van der Waals surface area contributed by atoms with E-state index in [0.717, 1.165) is 12.5 Å². The fourth-order valence-corrected chi connectivity index (χ4v) is 3.48. The number of hydrogen-bond acceptors (Lipinski definition) is 4. The lowest BCUT2D eigenvalue weighted by molar-refractivity contribution is -0.0345. The van der Waals surface area contributed by atoms with Crippen molar-refractivity contribution in [2.45, 2.75) is 57.5 Å². The minimum Gasteiger partial charge on any atom is -0.444 e. The van der Waals surface area contributed by atoms with E-state index < -0.39 is 23.3 Å². The van der Waals surface area contributed by atoms with Gasteiger partial charge in [0.2, 0.25) is 0 Å². The predicted octanol–water partition coefficient (Wildman–Crippen LogP) is 2.74. The third-order valence-corrected chi connectivity index (χ3v) is 4.61. The van der Waals surface area contributed by atoms with Crippen LogP contribution in [0.25, 0.3) is 0 Å². The van der Waals surface area contributed by atoms with Crippen molar-refractivity contribution in [2.24, 2.45) is 5.92 Å². The lowest BCUT2D eigenvalue weighted by Crippen LogP contribution is -2.70. The number of ether oxygens (including phenoxy) is 2. The lowest BCUT2D eigenvalue weighted by Gasteiger charge is -2.48. The molecule has 0 radical (unpaired) electrons. The van der Waals surface area contributed by atoms with Crippen molar-refractivity contribution in [1.82, 2.24) is 10.6 Å². The highest BCUT2D eigenvalue weighted by Gasteiger charge is 2.54. The fraction of sp³-hybridized carbons (Fsp3) is 0.611. The molecule has 5 nitrogen and oxygen atoms in total. The van der Waals surface area contributed by atoms with Crippen LogP contribution < -0.4 is 10.6 Å². The number of amides is 1. The molecule has 2 fully saturated rings. The highest BCUT2D eigenvalue weighted by molar-refractivity contribution is 5.68. The molecule has 1 amide bonds. The Labute approximate surface area is 146 Å². The number of benzene rings is 1. The van der Waals surface area contributed by atoms with Crippen molar-refractivity contribution in [3.8, 4) is 0 Å². The Morgan fingerprint density at radius 2 is 2.08 bits per heavy atom. The summed E-state index contributed by atoms with van der Waals surface area (Å²) >= 11 is 0. The number of halogens is 2. The largest absolute Gasteiger partial charge is 0.444 e. The third-order valence-electron chi connectivity index (χ3n) is 4.61. The molecule has 1 aromatic carbocycles. The molecule has 1 aliphatic carbocycles. The molecule has 25 heavy (non-hydrogen) atoms. The van der Waals surface area contributed by atoms with E-state index in [1.54, 1.807) is 0 Å². The molecule has 1 heterocycles. The van der Waals surface area contributed by atoms with Gasteiger partial charge in [-0.2, -0.15) is 0 Å². The molecular weight excluding hydrogens is 330 g/mol. The first-order valence-electron chi connectivity index (χ1n) is 8.53. The van der Waals surface area contributed by atoms with Gasteiger partial charge in [-0.05, 0) is 33.3 Å². The predicted molar refractivity (Wildman–Crippen MR) is 88.0 cm³/mol. The van der Waals surface area contributed by atoms with Crippen molar-refractivity contribution >= 4 is 6.09 Å². The second kappa shape index (κ2) is 6.88. The van der Waals surface area contributed by atoms with E-state index in [0.29, 0.717) is 12.2 Å². The topological polar surface area (TPSA) is 59.6 Å². The molecule has 0 aromatic heterocycles. The van der Waals surface area contributed by atoms with Crippen LogP contribution in [-0.2, 0) is 16.0 Å². The van der Waals surface area contributed by atoms with Crippen LogP contribution in [0, 0.1) is 17.6 Å². The molecule has 1 saturated heterocycles. The first kappa shape index (κ1) is 18.1. The summed E-state index contributed by atoms with van der Waals surface area (Å²) in [4.78, 5) is 12.1. The Kier molecular flexibility index (Phi) is 4.97. The summed E-state index contributed by atoms with van der Waals surface area (Å²) in [5.74, 6) is -0.969. The number of carbonyl (C=O) groups is 1. The van der Waals surface area contributed by atoms with Crippen LogP contribution in [0.2, 0.25) is 0 Å². The quantitative estimate of drug-likeness (QED) is 0.873. The number of carbonyl (C=O) groups excluding carboxylic acids is 1. The molecule has 3 rings (SSSR count). The molecule has 4 atom stereocenters. The standard InChI is InChI=1S/C18H24F2N2O3/c1-18(2,3)25-17(23)22-14-12-6-7-24-16(12)15(14)21-9-10-4-5-11(19)8-13(10)20/h4-5,8,12,14-16,21H,6-7,9H2,1-3H3,(H,22,23). The molecule has 138 valence electrons. The zero-order valence-electron chi connectivity index (χ0n) is 14.6. The molecule has 1 aliphatic heterocycles. The fourth-order valence-electron chi connectivity index (χ4n) is 3.48. The van der Waals surface area contributed by atoms with E-state index in [1.807, 2.05) is 20.8 Å². The monoisotopic (exact) mass is 354 g/mol. The highest BCUT2D eigenvalue weighted by Crippen LogP contribution is 2.39. The van der Waals surface area contributed by atoms with Crippen LogP contribution in [-0.4, -0.2) is 36.5 Å². The minimum absolute atomic E-state index is 0.0107. The first-order chi connectivity index (χ1) is 11.7. The van der Waals surface area contributed by atoms with Gasteiger partial charge in [0.15, 0.2) is 0 Å². The Morgan fingerprint density at radius 1 is 1.32 bits per heavy atom. The van der Waals surface area contributed by atoms with Crippen LogP contribution in [0.5, 0.6) is 0 Å². The molecule has 1 aromatic rings. The number of alkyl carbamates (subject to hydrolysis) is 1. The highest BCUT2D eigenvalue weighted by atomic mass is 19.1. The van der Waals surface area contributed by atoms with Gasteiger partial charge in [0, 0.05) is 30.7 Å². The molecule has 0 spiro atoms. The van der Waals surface area contributed by atoms with E-state index in [-0.39, 0.29) is 30.7 Å². The van der Waals surface area contributed by atoms with Crippen LogP contribution in [0.15, 0.2) is 18.2 Å². The van der Waals surface area contributed by atoms with Gasteiger partial charge in [-0.3, -0.25) is 0 Å². The van der Waals surface area contributed by atoms with Crippen molar-refractivity contribution in [3.05, 3.63) is 35.4 Å². The van der Waals surface area contributed by atoms with Gasteiger partial charge < -0.3 is 20.1 Å². The van der Waals surface area contributed by atoms with E-state index >= 15 is 0 Å². The Bertz CT molecular complexity index is 648. The second-order valence-electron chi connectivity index (χ2n) is 7.60. The van der Waals surface area contributed by atoms with Gasteiger partial charge >= 0.3 is 6.09 Å². The third kappa shape index (κ3) is 4.10. The van der Waals surface area contributed by atoms with Gasteiger partial charge in [-0.15, -0.1) is 0 Å². The normalized spacial score (nSPS) is 28.2. The van der Waals surface area contributed by atoms with Gasteiger partial charge in [-0.25, -0.2) is 13.6 Å². The van der Waals surface area contributed by atoms with E-state index in [2.05, 4.69) is 10.6 Å². The van der Waals surface area contributed by atoms with E-state index in [4.69, 9.17) is 9.47 Å². The molecule has 2 aliphatic rings. The minimum atomic E-state index is -0.603. The summed E-state index contributed by atoms with van der Waals surface area (Å²) in [6.07, 6.45) is 0.389. The smallest absolute Gasteiger partial charge is 0.407 e. The Balaban J connectivity index is 1.61. The molecule has 1 saturated carbocycles. The Hall–Kier alpha value is -1.73. The van der Waals surface area contributed by atoms with Crippen molar-refractivity contribution in [3.63, 3.8) is 0 Å². The second-order valence-corrected chi connectivity index (χ2v) is 7.60. The summed E-state index contributed by atoms with van der Waals surface area (Å²) in [7, 11) is 0. The SMILES string of the molecule is CC(C)(C)OC(=O)NC1C2CCOC2C1NCc1ccc(F)cc1F. The van der Waals surface area contributed by atoms with Crippen molar-refractivity contribution in [2.75, 3.05) is 6.61 Å². The van der Waals surface area contributed by atoms with Crippen LogP contribution in [0.3, 0.4) is 0 Å². The van der Waals surface area contributed by atoms with Gasteiger partial charge in [0.1, 0.15) is 17.2 Å². The van der Waals surface area contributed by atoms with E-state index in [9.17, 15) is 13.6 Å². The zero-order chi connectivity index (χ0) is 18.2. The Morgan fingerprint density at radius 3 is 2.76 bits per heavy atom. The zero-order valence-corrected chi connectivity index (χ0v) is 14.6. The van der Waals surface area contributed by atoms with Crippen LogP contribution >= 0.6 is 0 Å². The molecule has 2 N–H and O–H groups in total. The summed E-state index contributed by atoms with van der Waals surface area (Å²) in [5, 5.41) is 6.12. The van der Waals surface area contributed by atoms with Gasteiger partial charge in [0.05, 0.1) is 18.2 Å². The van der Waals surface area contributed by atoms with Crippen molar-refractivity contribution in [1.29, 1.82) is 0 Å². The number of fused-ring (bicyclic) bond motifs is 1. The maximum absolute atomic E-state index is 13.8. The number of rotatable bonds is 4. The number of hydrogen-bond donors (Lipinski definition) is 2. The summed E-state index contributed by atoms with van der Waals surface area (Å²) in [5.41, 5.74) is -0.196. The van der Waals surface area contributed by atoms with Crippen LogP contribution in [0.1, 0.15) is 32.8 Å². The van der Waals surface area contributed by atoms with Gasteiger partial charge in [-0.1, -0.05) is 6.07 Å². The molecule has 0 bridgehead atoms. The maximum atomic E-state index is 13.8. The van der Waals surface area contributed by atoms with E-state index in [1.165, 1.54) is 12.1 Å². The summed E-state index contributed by atoms with van der Waals surface area (Å²) in [6, 6.07) is 3.24. The molecular formula is C18H24F2N2O3. The lowest BCUT2D eigenvalue weighted by atomic mass is 9.71. The number of nitrogens with one attached hydrogen (secondary N) is 2. The maximum Gasteiger partial charge on any atom is 0.407 e. The average Bonchev–Trinajstić information content (AvgIpc) is 2.90. The average molecular weight is 354 g/mol. The summed E-state index contributed by atoms with van der Waals surface area (Å²) in [6.45, 7) is 6.30. The van der Waals surface area contributed by atoms with Crippen molar-refractivity contribution < 1.29 is 23.0 Å². The van der Waals surface area contributed by atoms with Gasteiger partial charge in [0.25, 0.3) is 0 Å². The molecule has 4 unspecified atom stereocenters. The van der Waals surface area contributed by atoms with Crippen LogP contribution in [0.4, 0.5) is 13.6 Å². The molecule has 7 heteroatoms.